The fraction of sp³-hybridized carbons (Fsp3) is 0.125. The van der Waals surface area contributed by atoms with Gasteiger partial charge in [0.25, 0.3) is 0 Å². The van der Waals surface area contributed by atoms with Gasteiger partial charge in [0, 0.05) is 22.8 Å². The molecule has 0 fully saturated rings. The Morgan fingerprint density at radius 1 is 1.23 bits per heavy atom. The first-order valence-electron chi connectivity index (χ1n) is 6.80. The van der Waals surface area contributed by atoms with E-state index in [0.717, 1.165) is 21.7 Å². The standard InChI is InChI=1S/C16H14N4OS/c1-11-10-17-16(22-11)19-15(21)9-12-4-6-13(7-5-12)14-3-2-8-18-20-14/h2-8,10H,9H2,1H3,(H,17,19,21). The van der Waals surface area contributed by atoms with Crippen molar-refractivity contribution in [3.8, 4) is 11.3 Å². The molecule has 0 radical (unpaired) electrons. The Morgan fingerprint density at radius 2 is 2.05 bits per heavy atom. The Morgan fingerprint density at radius 3 is 2.68 bits per heavy atom. The highest BCUT2D eigenvalue weighted by atomic mass is 32.1. The number of aromatic nitrogens is 3. The zero-order valence-electron chi connectivity index (χ0n) is 12.0. The molecule has 5 nitrogen and oxygen atoms in total. The number of carbonyl (C=O) groups is 1. The third kappa shape index (κ3) is 3.53. The summed E-state index contributed by atoms with van der Waals surface area (Å²) in [7, 11) is 0. The summed E-state index contributed by atoms with van der Waals surface area (Å²) in [4.78, 5) is 17.2. The van der Waals surface area contributed by atoms with Crippen LogP contribution in [0.25, 0.3) is 11.3 Å². The molecular weight excluding hydrogens is 296 g/mol. The maximum atomic E-state index is 12.0. The number of thiazole rings is 1. The molecule has 3 rings (SSSR count). The van der Waals surface area contributed by atoms with E-state index >= 15 is 0 Å². The normalized spacial score (nSPS) is 10.4. The summed E-state index contributed by atoms with van der Waals surface area (Å²) in [5, 5.41) is 11.4. The maximum Gasteiger partial charge on any atom is 0.230 e. The zero-order valence-corrected chi connectivity index (χ0v) is 12.8. The van der Waals surface area contributed by atoms with Gasteiger partial charge in [0.2, 0.25) is 5.91 Å². The Balaban J connectivity index is 1.65. The Labute approximate surface area is 132 Å². The fourth-order valence-corrected chi connectivity index (χ4v) is 2.69. The first-order chi connectivity index (χ1) is 10.7. The van der Waals surface area contributed by atoms with E-state index in [1.165, 1.54) is 11.3 Å². The van der Waals surface area contributed by atoms with Crippen LogP contribution in [-0.2, 0) is 11.2 Å². The number of aryl methyl sites for hydroxylation is 1. The van der Waals surface area contributed by atoms with Crippen molar-refractivity contribution in [3.05, 3.63) is 59.2 Å². The SMILES string of the molecule is Cc1cnc(NC(=O)Cc2ccc(-c3cccnn3)cc2)s1. The molecule has 2 heterocycles. The molecule has 0 saturated carbocycles. The second kappa shape index (κ2) is 6.44. The van der Waals surface area contributed by atoms with E-state index in [1.54, 1.807) is 12.4 Å². The highest BCUT2D eigenvalue weighted by Crippen LogP contribution is 2.18. The van der Waals surface area contributed by atoms with Crippen LogP contribution in [0.15, 0.2) is 48.8 Å². The molecule has 1 N–H and O–H groups in total. The molecule has 110 valence electrons. The molecule has 0 aliphatic rings. The maximum absolute atomic E-state index is 12.0. The van der Waals surface area contributed by atoms with Gasteiger partial charge in [-0.2, -0.15) is 10.2 Å². The summed E-state index contributed by atoms with van der Waals surface area (Å²) < 4.78 is 0. The van der Waals surface area contributed by atoms with Crippen LogP contribution in [0.2, 0.25) is 0 Å². The largest absolute Gasteiger partial charge is 0.302 e. The molecule has 0 atom stereocenters. The number of hydrogen-bond acceptors (Lipinski definition) is 5. The summed E-state index contributed by atoms with van der Waals surface area (Å²) in [5.41, 5.74) is 2.74. The van der Waals surface area contributed by atoms with Gasteiger partial charge in [-0.25, -0.2) is 4.98 Å². The zero-order chi connectivity index (χ0) is 15.4. The van der Waals surface area contributed by atoms with Crippen molar-refractivity contribution in [2.75, 3.05) is 5.32 Å². The van der Waals surface area contributed by atoms with Gasteiger partial charge in [-0.05, 0) is 24.6 Å². The predicted molar refractivity (Wildman–Crippen MR) is 86.7 cm³/mol. The smallest absolute Gasteiger partial charge is 0.230 e. The molecule has 0 spiro atoms. The van der Waals surface area contributed by atoms with E-state index in [1.807, 2.05) is 43.3 Å². The highest BCUT2D eigenvalue weighted by molar-refractivity contribution is 7.15. The van der Waals surface area contributed by atoms with Crippen molar-refractivity contribution in [1.82, 2.24) is 15.2 Å². The molecule has 0 aliphatic carbocycles. The predicted octanol–water partition coefficient (Wildman–Crippen LogP) is 3.09. The van der Waals surface area contributed by atoms with Gasteiger partial charge in [0.15, 0.2) is 5.13 Å². The number of nitrogens with zero attached hydrogens (tertiary/aromatic N) is 3. The lowest BCUT2D eigenvalue weighted by Gasteiger charge is -2.04. The molecule has 0 saturated heterocycles. The number of carbonyl (C=O) groups excluding carboxylic acids is 1. The second-order valence-corrected chi connectivity index (χ2v) is 6.04. The van der Waals surface area contributed by atoms with Crippen LogP contribution in [0.4, 0.5) is 5.13 Å². The molecule has 1 aromatic carbocycles. The monoisotopic (exact) mass is 310 g/mol. The molecule has 2 aromatic heterocycles. The molecule has 3 aromatic rings. The topological polar surface area (TPSA) is 67.8 Å². The van der Waals surface area contributed by atoms with Crippen LogP contribution >= 0.6 is 11.3 Å². The van der Waals surface area contributed by atoms with Crippen molar-refractivity contribution in [2.24, 2.45) is 0 Å². The minimum absolute atomic E-state index is 0.0680. The molecule has 22 heavy (non-hydrogen) atoms. The summed E-state index contributed by atoms with van der Waals surface area (Å²) in [6.45, 7) is 1.96. The minimum Gasteiger partial charge on any atom is -0.302 e. The minimum atomic E-state index is -0.0680. The van der Waals surface area contributed by atoms with E-state index in [0.29, 0.717) is 11.6 Å². The summed E-state index contributed by atoms with van der Waals surface area (Å²) in [5.74, 6) is -0.0680. The third-order valence-corrected chi connectivity index (χ3v) is 3.88. The molecule has 0 bridgehead atoms. The van der Waals surface area contributed by atoms with Crippen molar-refractivity contribution < 1.29 is 4.79 Å². The van der Waals surface area contributed by atoms with Crippen LogP contribution in [-0.4, -0.2) is 21.1 Å². The number of rotatable bonds is 4. The lowest BCUT2D eigenvalue weighted by molar-refractivity contribution is -0.115. The Bertz CT molecular complexity index is 768. The van der Waals surface area contributed by atoms with Gasteiger partial charge in [-0.3, -0.25) is 4.79 Å². The summed E-state index contributed by atoms with van der Waals surface area (Å²) in [6, 6.07) is 11.5. The van der Waals surface area contributed by atoms with Crippen LogP contribution in [0.3, 0.4) is 0 Å². The van der Waals surface area contributed by atoms with E-state index < -0.39 is 0 Å². The van der Waals surface area contributed by atoms with Crippen LogP contribution in [0.1, 0.15) is 10.4 Å². The van der Waals surface area contributed by atoms with E-state index in [4.69, 9.17) is 0 Å². The first-order valence-corrected chi connectivity index (χ1v) is 7.61. The van der Waals surface area contributed by atoms with Crippen molar-refractivity contribution in [2.45, 2.75) is 13.3 Å². The van der Waals surface area contributed by atoms with Gasteiger partial charge in [0.1, 0.15) is 0 Å². The number of nitrogens with one attached hydrogen (secondary N) is 1. The van der Waals surface area contributed by atoms with Crippen molar-refractivity contribution in [3.63, 3.8) is 0 Å². The number of benzene rings is 1. The van der Waals surface area contributed by atoms with E-state index in [2.05, 4.69) is 20.5 Å². The van der Waals surface area contributed by atoms with Gasteiger partial charge in [-0.15, -0.1) is 11.3 Å². The first kappa shape index (κ1) is 14.3. The Hall–Kier alpha value is -2.60. The average molecular weight is 310 g/mol. The van der Waals surface area contributed by atoms with Crippen LogP contribution < -0.4 is 5.32 Å². The van der Waals surface area contributed by atoms with Crippen molar-refractivity contribution in [1.29, 1.82) is 0 Å². The van der Waals surface area contributed by atoms with Crippen LogP contribution in [0.5, 0.6) is 0 Å². The highest BCUT2D eigenvalue weighted by Gasteiger charge is 2.07. The molecule has 0 unspecified atom stereocenters. The Kier molecular flexibility index (Phi) is 4.20. The molecule has 1 amide bonds. The van der Waals surface area contributed by atoms with Crippen molar-refractivity contribution >= 4 is 22.4 Å². The van der Waals surface area contributed by atoms with E-state index in [-0.39, 0.29) is 5.91 Å². The van der Waals surface area contributed by atoms with Gasteiger partial charge < -0.3 is 5.32 Å². The number of amides is 1. The molecule has 6 heteroatoms. The van der Waals surface area contributed by atoms with Gasteiger partial charge >= 0.3 is 0 Å². The lowest BCUT2D eigenvalue weighted by Crippen LogP contribution is -2.14. The number of anilines is 1. The summed E-state index contributed by atoms with van der Waals surface area (Å²) in [6.07, 6.45) is 3.71. The molecular formula is C16H14N4OS. The van der Waals surface area contributed by atoms with Gasteiger partial charge in [-0.1, -0.05) is 24.3 Å². The van der Waals surface area contributed by atoms with Crippen LogP contribution in [0, 0.1) is 6.92 Å². The third-order valence-electron chi connectivity index (χ3n) is 3.05. The average Bonchev–Trinajstić information content (AvgIpc) is 2.94. The molecule has 0 aliphatic heterocycles. The summed E-state index contributed by atoms with van der Waals surface area (Å²) >= 11 is 1.47. The van der Waals surface area contributed by atoms with E-state index in [9.17, 15) is 4.79 Å². The second-order valence-electron chi connectivity index (χ2n) is 4.81. The van der Waals surface area contributed by atoms with Gasteiger partial charge in [0.05, 0.1) is 12.1 Å². The number of hydrogen-bond donors (Lipinski definition) is 1. The lowest BCUT2D eigenvalue weighted by atomic mass is 10.1. The fourth-order valence-electron chi connectivity index (χ4n) is 2.01. The quantitative estimate of drug-likeness (QED) is 0.804.